The van der Waals surface area contributed by atoms with Crippen LogP contribution in [0, 0.1) is 10.8 Å². The van der Waals surface area contributed by atoms with E-state index in [1.165, 1.54) is 0 Å². The summed E-state index contributed by atoms with van der Waals surface area (Å²) in [5.74, 6) is 0. The molecule has 0 saturated carbocycles. The third kappa shape index (κ3) is 14.9. The van der Waals surface area contributed by atoms with Gasteiger partial charge in [0.05, 0.1) is 0 Å². The van der Waals surface area contributed by atoms with E-state index in [9.17, 15) is 0 Å². The zero-order valence-electron chi connectivity index (χ0n) is 72.2. The molecule has 4 aliphatic rings. The van der Waals surface area contributed by atoms with Crippen molar-refractivity contribution in [2.24, 2.45) is 10.8 Å². The van der Waals surface area contributed by atoms with E-state index >= 15 is 0 Å². The molecule has 4 heterocycles. The van der Waals surface area contributed by atoms with E-state index in [0.717, 1.165) is 0 Å². The van der Waals surface area contributed by atoms with E-state index in [0.29, 0.717) is 26.5 Å². The van der Waals surface area contributed by atoms with Crippen molar-refractivity contribution in [3.63, 3.8) is 0 Å². The minimum atomic E-state index is -4.55. The molecule has 2 aromatic rings. The van der Waals surface area contributed by atoms with Gasteiger partial charge in [-0.1, -0.05) is 0 Å². The number of hydrogen-bond acceptors (Lipinski definition) is 0. The Morgan fingerprint density at radius 2 is 0.543 bits per heavy atom. The number of allylic oxidation sites excluding steroid dienone is 7. The normalized spacial score (nSPS) is 21.9. The molecule has 0 aromatic heterocycles. The van der Waals surface area contributed by atoms with Crippen LogP contribution in [0.2, 0.25) is 281 Å². The van der Waals surface area contributed by atoms with Crippen LogP contribution < -0.4 is 7.16 Å². The Hall–Kier alpha value is 2.03. The fourth-order valence-electron chi connectivity index (χ4n) is 27.4. The summed E-state index contributed by atoms with van der Waals surface area (Å²) < 4.78 is 13.1. The number of benzene rings is 2. The maximum atomic E-state index is 3.32. The molecule has 0 aliphatic carbocycles. The van der Waals surface area contributed by atoms with E-state index in [2.05, 4.69) is 382 Å². The van der Waals surface area contributed by atoms with E-state index in [1.807, 2.05) is 40.6 Å². The molecule has 4 unspecified atom stereocenters. The number of hydrogen-bond donors (Lipinski definition) is 0. The van der Waals surface area contributed by atoms with Crippen LogP contribution >= 0.6 is 0 Å². The van der Waals surface area contributed by atoms with Crippen LogP contribution in [0.25, 0.3) is 0 Å². The first kappa shape index (κ1) is 86.7. The summed E-state index contributed by atoms with van der Waals surface area (Å²) in [7, 11) is -27.6. The van der Waals surface area contributed by atoms with Gasteiger partial charge in [0.2, 0.25) is 0 Å². The second-order valence-corrected chi connectivity index (χ2v) is 155. The zero-order valence-corrected chi connectivity index (χ0v) is 91.9. The van der Waals surface area contributed by atoms with E-state index in [-0.39, 0.29) is 19.4 Å². The third-order valence-corrected chi connectivity index (χ3v) is 152. The Bertz CT molecular complexity index is 3040. The first-order valence-corrected chi connectivity index (χ1v) is 99.9. The summed E-state index contributed by atoms with van der Waals surface area (Å²) >= 11 is -9.09. The molecule has 16 heteroatoms. The van der Waals surface area contributed by atoms with Gasteiger partial charge in [0, 0.05) is 0 Å². The van der Waals surface area contributed by atoms with Crippen LogP contribution in [0.1, 0.15) is 95.6 Å². The average molecular weight is 1730 g/mol. The molecule has 0 radical (unpaired) electrons. The molecule has 0 nitrogen and oxygen atoms in total. The molecule has 94 heavy (non-hydrogen) atoms. The number of rotatable bonds is 22. The van der Waals surface area contributed by atoms with Gasteiger partial charge in [-0.15, -0.1) is 0 Å². The van der Waals surface area contributed by atoms with Crippen LogP contribution in [0.5, 0.6) is 0 Å². The molecular weight excluding hydrogens is 1570 g/mol. The van der Waals surface area contributed by atoms with Gasteiger partial charge in [-0.25, -0.2) is 0 Å². The molecule has 6 rings (SSSR count). The van der Waals surface area contributed by atoms with Gasteiger partial charge in [-0.2, -0.15) is 0 Å². The quantitative estimate of drug-likeness (QED) is 0.103. The second kappa shape index (κ2) is 25.9. The molecule has 0 N–H and O–H groups in total. The van der Waals surface area contributed by atoms with Gasteiger partial charge in [-0.05, 0) is 0 Å². The minimum absolute atomic E-state index is 0.000273. The first-order chi connectivity index (χ1) is 40.8. The van der Waals surface area contributed by atoms with Crippen LogP contribution in [0.3, 0.4) is 0 Å². The van der Waals surface area contributed by atoms with Gasteiger partial charge in [0.25, 0.3) is 0 Å². The fourth-order valence-corrected chi connectivity index (χ4v) is 211. The molecule has 0 fully saturated rings. The Balaban J connectivity index is 2.60. The van der Waals surface area contributed by atoms with Crippen molar-refractivity contribution in [1.82, 2.24) is 0 Å². The Morgan fingerprint density at radius 1 is 0.309 bits per heavy atom. The van der Waals surface area contributed by atoms with Crippen molar-refractivity contribution in [3.8, 4) is 0 Å². The summed E-state index contributed by atoms with van der Waals surface area (Å²) in [6.07, 6.45) is 15.4. The summed E-state index contributed by atoms with van der Waals surface area (Å²) in [5, 5.41) is 2.53. The van der Waals surface area contributed by atoms with E-state index in [4.69, 9.17) is 0 Å². The molecule has 4 atom stereocenters. The Labute approximate surface area is 611 Å². The van der Waals surface area contributed by atoms with Crippen molar-refractivity contribution >= 4 is 157 Å². The van der Waals surface area contributed by atoms with Crippen LogP contribution in [-0.2, 0) is 8.57 Å². The summed E-state index contributed by atoms with van der Waals surface area (Å²) in [6, 6.07) is 13.0. The summed E-state index contributed by atoms with van der Waals surface area (Å²) in [6.45, 7) is 137. The van der Waals surface area contributed by atoms with Gasteiger partial charge >= 0.3 is 619 Å². The average Bonchev–Trinajstić information content (AvgIpc) is 0.653. The van der Waals surface area contributed by atoms with Crippen molar-refractivity contribution in [3.05, 3.63) is 99.3 Å². The maximum absolute atomic E-state index is 4.55. The third-order valence-electron chi connectivity index (χ3n) is 24.5. The van der Waals surface area contributed by atoms with Gasteiger partial charge < -0.3 is 0 Å². The summed E-state index contributed by atoms with van der Waals surface area (Å²) in [4.78, 5) is 0. The SMILES string of the molecule is CC(C)(C)[C]1=C[CH]2C=[CH][Sn]1([c]1c(C([Si](C)(C)C)[Si](C)(C)C)cc(C([Si](C)(C)C)([Si](C)(C)C)[Si](C)(C)C)cc1C([Si](C)(C)C)[Si](C)(C)C)[CH]1C=CC=[C](C(C)(C)C)[Sn]21[c]1c(C([Si](C)(C)C)[Si](C)(C)C)cc(C([Si](C)(C)C)([Si](C)(C)C)[Si](C)(C)C)cc1C([Si](C)(C)C)[Si](C)(C)C. The fraction of sp³-hybridized carbons (Fsp3) is 0.744. The molecule has 536 valence electrons. The standard InChI is InChI=1S/2C30H67Si7.2C9H13.2Sn/c2*1-31(2,3)28(32(4,5)6)25-22-26(29(33(7,8)9)34(10,11)12)24-27(23-25)30(35(13,14)15,36(16,17)18)37(19,20)21;2*1-5-6-7-8-9(2,3)4;;/h2*23-24,28-29H,1-21H3;2*1,5-7H,2-4H3;;. The molecule has 4 aliphatic heterocycles. The van der Waals surface area contributed by atoms with Gasteiger partial charge in [-0.3, -0.25) is 0 Å². The van der Waals surface area contributed by atoms with Crippen molar-refractivity contribution < 1.29 is 0 Å². The zero-order chi connectivity index (χ0) is 74.3. The summed E-state index contributed by atoms with van der Waals surface area (Å²) in [5.41, 5.74) is 11.7. The van der Waals surface area contributed by atoms with Gasteiger partial charge in [0.1, 0.15) is 0 Å². The van der Waals surface area contributed by atoms with Crippen LogP contribution in [0.4, 0.5) is 0 Å². The second-order valence-electron chi connectivity index (χ2n) is 48.9. The molecule has 2 bridgehead atoms. The predicted molar refractivity (Wildman–Crippen MR) is 486 cm³/mol. The molecule has 0 saturated heterocycles. The topological polar surface area (TPSA) is 0 Å². The van der Waals surface area contributed by atoms with Crippen LogP contribution in [0.15, 0.2) is 65.9 Å². The molecule has 0 spiro atoms. The van der Waals surface area contributed by atoms with Crippen molar-refractivity contribution in [2.45, 2.75) is 352 Å². The Morgan fingerprint density at radius 3 is 0.755 bits per heavy atom. The molecule has 2 aromatic carbocycles. The van der Waals surface area contributed by atoms with E-state index < -0.39 is 150 Å². The molecule has 0 amide bonds. The Kier molecular flexibility index (Phi) is 23.9. The van der Waals surface area contributed by atoms with E-state index in [1.54, 1.807) is 0 Å². The first-order valence-electron chi connectivity index (χ1n) is 38.0. The molecular formula is C78H160Si14Sn2. The van der Waals surface area contributed by atoms with Crippen molar-refractivity contribution in [1.29, 1.82) is 0 Å². The van der Waals surface area contributed by atoms with Crippen molar-refractivity contribution in [2.75, 3.05) is 0 Å². The monoisotopic (exact) mass is 1730 g/mol. The predicted octanol–water partition coefficient (Wildman–Crippen LogP) is 25.8. The van der Waals surface area contributed by atoms with Gasteiger partial charge in [0.15, 0.2) is 0 Å². The van der Waals surface area contributed by atoms with Crippen LogP contribution in [-0.4, -0.2) is 150 Å².